The van der Waals surface area contributed by atoms with E-state index >= 15 is 8.78 Å². The van der Waals surface area contributed by atoms with Gasteiger partial charge in [-0.1, -0.05) is 0 Å². The molecule has 2 aliphatic heterocycles. The number of fused-ring (bicyclic) bond motifs is 1. The number of carboxylic acids is 2. The fraction of sp³-hybridized carbons (Fsp3) is 0.419. The zero-order valence-electron chi connectivity index (χ0n) is 24.9. The summed E-state index contributed by atoms with van der Waals surface area (Å²) in [5, 5.41) is 18.4. The van der Waals surface area contributed by atoms with Crippen LogP contribution >= 0.6 is 0 Å². The Bertz CT molecular complexity index is 1830. The van der Waals surface area contributed by atoms with Gasteiger partial charge in [0.05, 0.1) is 30.5 Å². The molecule has 0 atom stereocenters. The van der Waals surface area contributed by atoms with Crippen LogP contribution in [-0.4, -0.2) is 82.2 Å². The molecule has 1 aliphatic carbocycles. The number of amides is 1. The molecule has 0 bridgehead atoms. The Labute approximate surface area is 265 Å². The Kier molecular flexibility index (Phi) is 8.42. The summed E-state index contributed by atoms with van der Waals surface area (Å²) >= 11 is 0. The molecule has 1 amide bonds. The van der Waals surface area contributed by atoms with Crippen LogP contribution in [0.2, 0.25) is 0 Å². The second kappa shape index (κ2) is 12.5. The van der Waals surface area contributed by atoms with E-state index in [0.29, 0.717) is 0 Å². The standard InChI is InChI=1S/C31H30F2N4O10/c32-21-13-18(36-11-12-45-30(36)44)3-4-23(21)46-16-31(47-25(40)6-5-24(38)39)7-9-35(10-8-31)28-22(33)14-19-26(41)20(29(42)43)15-37(17-1-2-17)27(19)34-28/h3-4,13-15,17H,1-2,5-12,16H2,(H,38,39)(H,42,43). The molecule has 4 heterocycles. The van der Waals surface area contributed by atoms with Crippen LogP contribution in [0.4, 0.5) is 25.1 Å². The molecule has 3 fully saturated rings. The highest BCUT2D eigenvalue weighted by Gasteiger charge is 2.41. The molecular formula is C31H30F2N4O10. The second-order valence-corrected chi connectivity index (χ2v) is 11.7. The highest BCUT2D eigenvalue weighted by Crippen LogP contribution is 2.38. The Hall–Kier alpha value is -5.28. The topological polar surface area (TPSA) is 178 Å². The molecular weight excluding hydrogens is 626 g/mol. The Balaban J connectivity index is 1.23. The third-order valence-electron chi connectivity index (χ3n) is 8.44. The molecule has 248 valence electrons. The maximum absolute atomic E-state index is 15.5. The van der Waals surface area contributed by atoms with E-state index in [1.54, 1.807) is 9.47 Å². The van der Waals surface area contributed by atoms with Crippen LogP contribution in [0.15, 0.2) is 35.3 Å². The molecule has 14 nitrogen and oxygen atoms in total. The number of hydrogen-bond donors (Lipinski definition) is 2. The number of aliphatic carboxylic acids is 1. The minimum absolute atomic E-state index is 0.0671. The summed E-state index contributed by atoms with van der Waals surface area (Å²) < 4.78 is 48.5. The van der Waals surface area contributed by atoms with Crippen LogP contribution in [0.25, 0.3) is 11.0 Å². The van der Waals surface area contributed by atoms with Gasteiger partial charge in [0.15, 0.2) is 23.2 Å². The van der Waals surface area contributed by atoms with Crippen LogP contribution in [0, 0.1) is 11.6 Å². The largest absolute Gasteiger partial charge is 0.486 e. The first-order chi connectivity index (χ1) is 22.4. The first kappa shape index (κ1) is 31.7. The van der Waals surface area contributed by atoms with E-state index in [1.165, 1.54) is 23.2 Å². The number of anilines is 2. The van der Waals surface area contributed by atoms with Crippen LogP contribution < -0.4 is 20.0 Å². The fourth-order valence-electron chi connectivity index (χ4n) is 5.76. The number of ether oxygens (including phenoxy) is 3. The molecule has 2 saturated heterocycles. The number of carboxylic acid groups (broad SMARTS) is 2. The number of halogens is 2. The van der Waals surface area contributed by atoms with Gasteiger partial charge in [0.25, 0.3) is 0 Å². The molecule has 2 N–H and O–H groups in total. The number of aromatic carboxylic acids is 1. The first-order valence-corrected chi connectivity index (χ1v) is 15.0. The van der Waals surface area contributed by atoms with E-state index in [2.05, 4.69) is 4.98 Å². The van der Waals surface area contributed by atoms with Gasteiger partial charge in [-0.05, 0) is 31.0 Å². The minimum Gasteiger partial charge on any atom is -0.486 e. The Morgan fingerprint density at radius 2 is 1.77 bits per heavy atom. The fourth-order valence-corrected chi connectivity index (χ4v) is 5.76. The molecule has 0 radical (unpaired) electrons. The van der Waals surface area contributed by atoms with E-state index in [4.69, 9.17) is 19.3 Å². The summed E-state index contributed by atoms with van der Waals surface area (Å²) in [6, 6.07) is 4.83. The molecule has 3 aliphatic rings. The van der Waals surface area contributed by atoms with Crippen molar-refractivity contribution in [2.75, 3.05) is 42.6 Å². The quantitative estimate of drug-likeness (QED) is 0.288. The summed E-state index contributed by atoms with van der Waals surface area (Å²) in [6.45, 7) is 0.304. The summed E-state index contributed by atoms with van der Waals surface area (Å²) in [5.41, 5.74) is -2.23. The van der Waals surface area contributed by atoms with Crippen LogP contribution in [0.3, 0.4) is 0 Å². The van der Waals surface area contributed by atoms with Gasteiger partial charge in [-0.25, -0.2) is 23.4 Å². The molecule has 16 heteroatoms. The number of piperidine rings is 1. The van der Waals surface area contributed by atoms with Crippen molar-refractivity contribution in [3.05, 3.63) is 57.9 Å². The number of nitrogens with zero attached hydrogens (tertiary/aromatic N) is 4. The highest BCUT2D eigenvalue weighted by molar-refractivity contribution is 5.92. The zero-order chi connectivity index (χ0) is 33.5. The number of cyclic esters (lactones) is 1. The van der Waals surface area contributed by atoms with Crippen LogP contribution in [0.5, 0.6) is 5.75 Å². The smallest absolute Gasteiger partial charge is 0.414 e. The van der Waals surface area contributed by atoms with E-state index in [-0.39, 0.29) is 80.0 Å². The lowest BCUT2D eigenvalue weighted by atomic mass is 9.91. The van der Waals surface area contributed by atoms with Gasteiger partial charge in [0.2, 0.25) is 5.43 Å². The number of aromatic nitrogens is 2. The van der Waals surface area contributed by atoms with E-state index in [9.17, 15) is 29.1 Å². The average molecular weight is 657 g/mol. The number of pyridine rings is 2. The van der Waals surface area contributed by atoms with Gasteiger partial charge in [0, 0.05) is 44.2 Å². The molecule has 1 aromatic carbocycles. The maximum Gasteiger partial charge on any atom is 0.414 e. The van der Waals surface area contributed by atoms with Gasteiger partial charge in [-0.3, -0.25) is 19.3 Å². The summed E-state index contributed by atoms with van der Waals surface area (Å²) in [5.74, 6) is -5.29. The van der Waals surface area contributed by atoms with Gasteiger partial charge >= 0.3 is 24.0 Å². The van der Waals surface area contributed by atoms with Crippen LogP contribution in [0.1, 0.15) is 54.9 Å². The molecule has 6 rings (SSSR count). The number of hydrogen-bond acceptors (Lipinski definition) is 10. The van der Waals surface area contributed by atoms with Crippen molar-refractivity contribution in [3.8, 4) is 5.75 Å². The molecule has 2 aromatic heterocycles. The highest BCUT2D eigenvalue weighted by atomic mass is 19.1. The van der Waals surface area contributed by atoms with Crippen molar-refractivity contribution in [1.29, 1.82) is 0 Å². The second-order valence-electron chi connectivity index (χ2n) is 11.7. The SMILES string of the molecule is O=C(O)CCC(=O)OC1(COc2ccc(N3CCOC3=O)cc2F)CCN(c2nc3c(cc2F)c(=O)c(C(=O)O)cn3C2CC2)CC1. The molecule has 1 saturated carbocycles. The predicted molar refractivity (Wildman–Crippen MR) is 159 cm³/mol. The van der Waals surface area contributed by atoms with E-state index in [1.807, 2.05) is 0 Å². The van der Waals surface area contributed by atoms with Gasteiger partial charge in [0.1, 0.15) is 30.0 Å². The normalized spacial score (nSPS) is 17.4. The van der Waals surface area contributed by atoms with Crippen molar-refractivity contribution in [2.45, 2.75) is 50.2 Å². The van der Waals surface area contributed by atoms with Gasteiger partial charge in [-0.15, -0.1) is 0 Å². The van der Waals surface area contributed by atoms with Gasteiger partial charge < -0.3 is 33.9 Å². The molecule has 0 spiro atoms. The summed E-state index contributed by atoms with van der Waals surface area (Å²) in [6.07, 6.45) is 1.39. The Morgan fingerprint density at radius 1 is 1.02 bits per heavy atom. The van der Waals surface area contributed by atoms with E-state index in [0.717, 1.165) is 25.0 Å². The summed E-state index contributed by atoms with van der Waals surface area (Å²) in [7, 11) is 0. The van der Waals surface area contributed by atoms with Crippen molar-refractivity contribution in [1.82, 2.24) is 9.55 Å². The predicted octanol–water partition coefficient (Wildman–Crippen LogP) is 3.49. The monoisotopic (exact) mass is 656 g/mol. The minimum atomic E-state index is -1.42. The number of carbonyl (C=O) groups is 4. The third-order valence-corrected chi connectivity index (χ3v) is 8.44. The van der Waals surface area contributed by atoms with Crippen molar-refractivity contribution in [2.24, 2.45) is 0 Å². The van der Waals surface area contributed by atoms with Crippen molar-refractivity contribution in [3.63, 3.8) is 0 Å². The number of carbonyl (C=O) groups excluding carboxylic acids is 2. The lowest BCUT2D eigenvalue weighted by Crippen LogP contribution is -2.51. The lowest BCUT2D eigenvalue weighted by molar-refractivity contribution is -0.167. The maximum atomic E-state index is 15.5. The summed E-state index contributed by atoms with van der Waals surface area (Å²) in [4.78, 5) is 67.4. The Morgan fingerprint density at radius 3 is 2.38 bits per heavy atom. The average Bonchev–Trinajstić information content (AvgIpc) is 3.79. The van der Waals surface area contributed by atoms with Crippen LogP contribution in [-0.2, 0) is 19.1 Å². The lowest BCUT2D eigenvalue weighted by Gasteiger charge is -2.41. The number of esters is 1. The molecule has 47 heavy (non-hydrogen) atoms. The molecule has 0 unspecified atom stereocenters. The van der Waals surface area contributed by atoms with Crippen molar-refractivity contribution >= 4 is 46.5 Å². The van der Waals surface area contributed by atoms with Gasteiger partial charge in [-0.2, -0.15) is 0 Å². The van der Waals surface area contributed by atoms with Crippen molar-refractivity contribution < 1.29 is 52.4 Å². The first-order valence-electron chi connectivity index (χ1n) is 15.0. The third kappa shape index (κ3) is 6.53. The number of rotatable bonds is 11. The molecule has 3 aromatic rings. The number of benzene rings is 1. The zero-order valence-corrected chi connectivity index (χ0v) is 24.9. The van der Waals surface area contributed by atoms with E-state index < -0.39 is 65.1 Å².